The summed E-state index contributed by atoms with van der Waals surface area (Å²) in [4.78, 5) is 5.17. The van der Waals surface area contributed by atoms with Crippen molar-refractivity contribution in [2.75, 3.05) is 0 Å². The molecule has 170 valence electrons. The molecule has 6 rings (SSSR count). The average Bonchev–Trinajstić information content (AvgIpc) is 2.98. The van der Waals surface area contributed by atoms with E-state index >= 15 is 0 Å². The van der Waals surface area contributed by atoms with Crippen molar-refractivity contribution in [3.05, 3.63) is 152 Å². The molecule has 0 atom stereocenters. The van der Waals surface area contributed by atoms with Crippen LogP contribution in [-0.2, 0) is 0 Å². The molecule has 0 fully saturated rings. The molecule has 0 saturated carbocycles. The predicted octanol–water partition coefficient (Wildman–Crippen LogP) is 9.42. The van der Waals surface area contributed by atoms with Gasteiger partial charge in [-0.15, -0.1) is 0 Å². The van der Waals surface area contributed by atoms with Gasteiger partial charge in [0.05, 0.1) is 11.4 Å². The van der Waals surface area contributed by atoms with Gasteiger partial charge in [-0.2, -0.15) is 0 Å². The molecule has 0 spiro atoms. The van der Waals surface area contributed by atoms with Crippen LogP contribution in [0.4, 0.5) is 0 Å². The van der Waals surface area contributed by atoms with Crippen LogP contribution in [0.15, 0.2) is 152 Å². The zero-order valence-corrected chi connectivity index (χ0v) is 19.9. The SMILES string of the molecule is c1ccc(-c2ccc(-c3ccc(-c4ccccc4)c(-c4ccccc4)c3)c(-c3ccccc3)n2)cc1. The zero-order chi connectivity index (χ0) is 24.2. The summed E-state index contributed by atoms with van der Waals surface area (Å²) < 4.78 is 0. The molecule has 5 aromatic carbocycles. The number of benzene rings is 5. The Morgan fingerprint density at radius 2 is 0.778 bits per heavy atom. The van der Waals surface area contributed by atoms with E-state index in [1.165, 1.54) is 22.3 Å². The normalized spacial score (nSPS) is 10.8. The van der Waals surface area contributed by atoms with E-state index in [9.17, 15) is 0 Å². The molecule has 6 aromatic rings. The van der Waals surface area contributed by atoms with Crippen molar-refractivity contribution in [1.29, 1.82) is 0 Å². The second kappa shape index (κ2) is 9.85. The second-order valence-electron chi connectivity index (χ2n) is 8.82. The number of nitrogens with zero attached hydrogens (tertiary/aromatic N) is 1. The van der Waals surface area contributed by atoms with E-state index in [-0.39, 0.29) is 0 Å². The Balaban J connectivity index is 1.56. The molecule has 0 amide bonds. The molecule has 1 nitrogen and oxygen atoms in total. The van der Waals surface area contributed by atoms with Crippen LogP contribution in [0.3, 0.4) is 0 Å². The number of hydrogen-bond donors (Lipinski definition) is 0. The minimum atomic E-state index is 0.974. The van der Waals surface area contributed by atoms with Crippen LogP contribution in [0.1, 0.15) is 0 Å². The van der Waals surface area contributed by atoms with Gasteiger partial charge in [0.15, 0.2) is 0 Å². The summed E-state index contributed by atoms with van der Waals surface area (Å²) in [5.74, 6) is 0. The molecule has 1 heteroatoms. The van der Waals surface area contributed by atoms with E-state index in [1.807, 2.05) is 12.1 Å². The summed E-state index contributed by atoms with van der Waals surface area (Å²) in [7, 11) is 0. The highest BCUT2D eigenvalue weighted by Crippen LogP contribution is 2.39. The Kier molecular flexibility index (Phi) is 5.96. The Hall–Kier alpha value is -4.75. The van der Waals surface area contributed by atoms with E-state index in [1.54, 1.807) is 0 Å². The topological polar surface area (TPSA) is 12.9 Å². The third-order valence-electron chi connectivity index (χ3n) is 6.51. The van der Waals surface area contributed by atoms with Gasteiger partial charge in [0.25, 0.3) is 0 Å². The van der Waals surface area contributed by atoms with Gasteiger partial charge in [-0.3, -0.25) is 0 Å². The fourth-order valence-corrected chi connectivity index (χ4v) is 4.72. The molecule has 0 unspecified atom stereocenters. The number of hydrogen-bond acceptors (Lipinski definition) is 1. The molecule has 0 aliphatic rings. The molecule has 0 aliphatic carbocycles. The molecule has 0 N–H and O–H groups in total. The second-order valence-corrected chi connectivity index (χ2v) is 8.82. The van der Waals surface area contributed by atoms with Gasteiger partial charge in [0.1, 0.15) is 0 Å². The first kappa shape index (κ1) is 21.8. The van der Waals surface area contributed by atoms with Crippen LogP contribution in [0.25, 0.3) is 55.9 Å². The third kappa shape index (κ3) is 4.35. The Morgan fingerprint density at radius 3 is 1.36 bits per heavy atom. The monoisotopic (exact) mass is 459 g/mol. The summed E-state index contributed by atoms with van der Waals surface area (Å²) in [5.41, 5.74) is 11.3. The summed E-state index contributed by atoms with van der Waals surface area (Å²) in [5, 5.41) is 0. The molecule has 1 heterocycles. The molecule has 0 bridgehead atoms. The molecule has 0 aliphatic heterocycles. The summed E-state index contributed by atoms with van der Waals surface area (Å²) in [6, 6.07) is 53.2. The Morgan fingerprint density at radius 1 is 0.306 bits per heavy atom. The van der Waals surface area contributed by atoms with E-state index in [0.29, 0.717) is 0 Å². The van der Waals surface area contributed by atoms with Gasteiger partial charge in [-0.05, 0) is 39.9 Å². The van der Waals surface area contributed by atoms with Crippen LogP contribution in [0.2, 0.25) is 0 Å². The lowest BCUT2D eigenvalue weighted by Gasteiger charge is -2.16. The van der Waals surface area contributed by atoms with Gasteiger partial charge < -0.3 is 0 Å². The van der Waals surface area contributed by atoms with Gasteiger partial charge in [-0.1, -0.05) is 140 Å². The molecule has 0 saturated heterocycles. The van der Waals surface area contributed by atoms with E-state index in [0.717, 1.165) is 33.6 Å². The molecular weight excluding hydrogens is 434 g/mol. The summed E-state index contributed by atoms with van der Waals surface area (Å²) in [6.07, 6.45) is 0. The maximum absolute atomic E-state index is 5.17. The van der Waals surface area contributed by atoms with Crippen LogP contribution >= 0.6 is 0 Å². The maximum atomic E-state index is 5.17. The van der Waals surface area contributed by atoms with Crippen molar-refractivity contribution in [1.82, 2.24) is 4.98 Å². The van der Waals surface area contributed by atoms with Gasteiger partial charge in [-0.25, -0.2) is 4.98 Å². The minimum Gasteiger partial charge on any atom is -0.247 e. The van der Waals surface area contributed by atoms with Gasteiger partial charge in [0.2, 0.25) is 0 Å². The van der Waals surface area contributed by atoms with Crippen molar-refractivity contribution >= 4 is 0 Å². The molecule has 1 aromatic heterocycles. The molecule has 36 heavy (non-hydrogen) atoms. The molecular formula is C35H25N. The van der Waals surface area contributed by atoms with Crippen LogP contribution < -0.4 is 0 Å². The lowest BCUT2D eigenvalue weighted by Crippen LogP contribution is -1.94. The van der Waals surface area contributed by atoms with Gasteiger partial charge in [0, 0.05) is 16.7 Å². The van der Waals surface area contributed by atoms with E-state index in [2.05, 4.69) is 140 Å². The fourth-order valence-electron chi connectivity index (χ4n) is 4.72. The van der Waals surface area contributed by atoms with Crippen molar-refractivity contribution in [3.63, 3.8) is 0 Å². The van der Waals surface area contributed by atoms with Crippen molar-refractivity contribution in [2.45, 2.75) is 0 Å². The quantitative estimate of drug-likeness (QED) is 0.250. The zero-order valence-electron chi connectivity index (χ0n) is 19.9. The largest absolute Gasteiger partial charge is 0.247 e. The van der Waals surface area contributed by atoms with Crippen LogP contribution in [0.5, 0.6) is 0 Å². The van der Waals surface area contributed by atoms with Crippen LogP contribution in [0, 0.1) is 0 Å². The standard InChI is InChI=1S/C35H25N/c1-5-13-26(14-6-1)31-22-21-30(25-33(31)27-15-7-2-8-16-27)32-23-24-34(28-17-9-3-10-18-28)36-35(32)29-19-11-4-12-20-29/h1-25H. The predicted molar refractivity (Wildman–Crippen MR) is 151 cm³/mol. The van der Waals surface area contributed by atoms with E-state index in [4.69, 9.17) is 4.98 Å². The van der Waals surface area contributed by atoms with E-state index < -0.39 is 0 Å². The first-order valence-corrected chi connectivity index (χ1v) is 12.2. The maximum Gasteiger partial charge on any atom is 0.0787 e. The van der Waals surface area contributed by atoms with Crippen molar-refractivity contribution in [2.24, 2.45) is 0 Å². The Labute approximate surface area is 212 Å². The third-order valence-corrected chi connectivity index (χ3v) is 6.51. The lowest BCUT2D eigenvalue weighted by atomic mass is 9.90. The molecule has 0 radical (unpaired) electrons. The highest BCUT2D eigenvalue weighted by atomic mass is 14.7. The summed E-state index contributed by atoms with van der Waals surface area (Å²) >= 11 is 0. The average molecular weight is 460 g/mol. The fraction of sp³-hybridized carbons (Fsp3) is 0. The number of pyridine rings is 1. The van der Waals surface area contributed by atoms with Crippen LogP contribution in [-0.4, -0.2) is 4.98 Å². The first-order chi connectivity index (χ1) is 17.9. The first-order valence-electron chi connectivity index (χ1n) is 12.2. The van der Waals surface area contributed by atoms with Gasteiger partial charge >= 0.3 is 0 Å². The smallest absolute Gasteiger partial charge is 0.0787 e. The Bertz CT molecular complexity index is 1590. The minimum absolute atomic E-state index is 0.974. The lowest BCUT2D eigenvalue weighted by molar-refractivity contribution is 1.32. The van der Waals surface area contributed by atoms with Crippen molar-refractivity contribution in [3.8, 4) is 55.9 Å². The highest BCUT2D eigenvalue weighted by Gasteiger charge is 2.15. The number of aromatic nitrogens is 1. The highest BCUT2D eigenvalue weighted by molar-refractivity contribution is 5.90. The number of rotatable bonds is 5. The summed E-state index contributed by atoms with van der Waals surface area (Å²) in [6.45, 7) is 0. The van der Waals surface area contributed by atoms with Crippen molar-refractivity contribution < 1.29 is 0 Å².